The molecule has 0 spiro atoms. The number of hydrogen-bond donors (Lipinski definition) is 1. The zero-order valence-corrected chi connectivity index (χ0v) is 16.1. The molecular formula is C16H19N5O2S2. The van der Waals surface area contributed by atoms with Gasteiger partial charge in [0, 0.05) is 10.9 Å². The first kappa shape index (κ1) is 17.7. The molecule has 0 saturated heterocycles. The monoisotopic (exact) mass is 377 g/mol. The molecule has 7 nitrogen and oxygen atoms in total. The second-order valence-electron chi connectivity index (χ2n) is 5.74. The molecule has 0 atom stereocenters. The molecule has 0 aliphatic rings. The topological polar surface area (TPSA) is 85.8 Å². The van der Waals surface area contributed by atoms with Crippen molar-refractivity contribution in [2.45, 2.75) is 38.9 Å². The summed E-state index contributed by atoms with van der Waals surface area (Å²) in [6.07, 6.45) is 1.60. The molecule has 0 fully saturated rings. The van der Waals surface area contributed by atoms with E-state index in [1.54, 1.807) is 6.26 Å². The van der Waals surface area contributed by atoms with Gasteiger partial charge in [0.05, 0.1) is 17.7 Å². The van der Waals surface area contributed by atoms with Crippen LogP contribution in [0, 0.1) is 13.8 Å². The van der Waals surface area contributed by atoms with Crippen molar-refractivity contribution >= 4 is 34.1 Å². The van der Waals surface area contributed by atoms with E-state index in [0.717, 1.165) is 10.6 Å². The van der Waals surface area contributed by atoms with Crippen LogP contribution < -0.4 is 5.32 Å². The molecule has 0 bridgehead atoms. The number of amides is 1. The van der Waals surface area contributed by atoms with E-state index in [1.807, 2.05) is 44.4 Å². The van der Waals surface area contributed by atoms with Crippen molar-refractivity contribution in [2.75, 3.05) is 11.1 Å². The number of nitrogens with zero attached hydrogens (tertiary/aromatic N) is 4. The molecule has 132 valence electrons. The van der Waals surface area contributed by atoms with E-state index < -0.39 is 0 Å². The molecule has 0 aromatic carbocycles. The van der Waals surface area contributed by atoms with Gasteiger partial charge >= 0.3 is 0 Å². The quantitative estimate of drug-likeness (QED) is 0.655. The van der Waals surface area contributed by atoms with Crippen LogP contribution in [-0.2, 0) is 4.79 Å². The minimum Gasteiger partial charge on any atom is -0.461 e. The molecule has 3 heterocycles. The van der Waals surface area contributed by atoms with Gasteiger partial charge in [-0.15, -0.1) is 21.5 Å². The number of carbonyl (C=O) groups excluding carboxylic acids is 1. The van der Waals surface area contributed by atoms with Crippen LogP contribution in [0.25, 0.3) is 11.6 Å². The smallest absolute Gasteiger partial charge is 0.236 e. The predicted molar refractivity (Wildman–Crippen MR) is 99.1 cm³/mol. The normalized spacial score (nSPS) is 11.2. The van der Waals surface area contributed by atoms with Gasteiger partial charge in [0.15, 0.2) is 16.0 Å². The molecule has 0 unspecified atom stereocenters. The fourth-order valence-corrected chi connectivity index (χ4v) is 3.92. The molecule has 25 heavy (non-hydrogen) atoms. The summed E-state index contributed by atoms with van der Waals surface area (Å²) in [5, 5.41) is 12.6. The minimum atomic E-state index is -0.114. The van der Waals surface area contributed by atoms with E-state index >= 15 is 0 Å². The number of thioether (sulfide) groups is 1. The van der Waals surface area contributed by atoms with E-state index in [0.29, 0.717) is 21.9 Å². The summed E-state index contributed by atoms with van der Waals surface area (Å²) in [5.74, 6) is 1.44. The first-order chi connectivity index (χ1) is 12.0. The number of nitrogens with one attached hydrogen (secondary N) is 1. The summed E-state index contributed by atoms with van der Waals surface area (Å²) in [6, 6.07) is 3.80. The van der Waals surface area contributed by atoms with Crippen LogP contribution in [-0.4, -0.2) is 31.4 Å². The van der Waals surface area contributed by atoms with Crippen molar-refractivity contribution < 1.29 is 9.21 Å². The highest BCUT2D eigenvalue weighted by atomic mass is 32.2. The second kappa shape index (κ2) is 7.40. The zero-order valence-electron chi connectivity index (χ0n) is 14.4. The van der Waals surface area contributed by atoms with Gasteiger partial charge in [-0.05, 0) is 39.8 Å². The molecule has 0 saturated carbocycles. The summed E-state index contributed by atoms with van der Waals surface area (Å²) >= 11 is 2.82. The van der Waals surface area contributed by atoms with Crippen LogP contribution in [0.15, 0.2) is 28.0 Å². The van der Waals surface area contributed by atoms with Gasteiger partial charge in [-0.2, -0.15) is 0 Å². The summed E-state index contributed by atoms with van der Waals surface area (Å²) in [5.41, 5.74) is 0.940. The molecule has 3 rings (SSSR count). The second-order valence-corrected chi connectivity index (χ2v) is 7.89. The van der Waals surface area contributed by atoms with E-state index in [2.05, 4.69) is 20.5 Å². The molecule has 3 aromatic heterocycles. The number of rotatable bonds is 6. The van der Waals surface area contributed by atoms with Crippen LogP contribution in [0.4, 0.5) is 5.13 Å². The summed E-state index contributed by atoms with van der Waals surface area (Å²) in [7, 11) is 0. The lowest BCUT2D eigenvalue weighted by Crippen LogP contribution is -2.15. The van der Waals surface area contributed by atoms with E-state index in [4.69, 9.17) is 4.42 Å². The predicted octanol–water partition coefficient (Wildman–Crippen LogP) is 3.92. The summed E-state index contributed by atoms with van der Waals surface area (Å²) < 4.78 is 7.39. The fraction of sp³-hybridized carbons (Fsp3) is 0.375. The largest absolute Gasteiger partial charge is 0.461 e. The third-order valence-corrected chi connectivity index (χ3v) is 5.46. The van der Waals surface area contributed by atoms with Crippen LogP contribution in [0.2, 0.25) is 0 Å². The fourth-order valence-electron chi connectivity index (χ4n) is 2.23. The highest BCUT2D eigenvalue weighted by molar-refractivity contribution is 7.99. The average molecular weight is 377 g/mol. The third-order valence-electron chi connectivity index (χ3n) is 3.53. The number of carbonyl (C=O) groups is 1. The molecule has 3 aromatic rings. The van der Waals surface area contributed by atoms with E-state index in [-0.39, 0.29) is 17.7 Å². The number of thiazole rings is 1. The molecule has 0 aliphatic carbocycles. The van der Waals surface area contributed by atoms with Crippen molar-refractivity contribution in [3.63, 3.8) is 0 Å². The molecule has 0 radical (unpaired) electrons. The average Bonchev–Trinajstić information content (AvgIpc) is 3.26. The van der Waals surface area contributed by atoms with Crippen molar-refractivity contribution in [1.82, 2.24) is 19.7 Å². The molecule has 1 amide bonds. The Hall–Kier alpha value is -2.13. The van der Waals surface area contributed by atoms with Crippen LogP contribution in [0.1, 0.15) is 30.5 Å². The third kappa shape index (κ3) is 3.93. The maximum absolute atomic E-state index is 12.2. The molecule has 0 aliphatic heterocycles. The lowest BCUT2D eigenvalue weighted by molar-refractivity contribution is -0.113. The van der Waals surface area contributed by atoms with Gasteiger partial charge in [0.1, 0.15) is 0 Å². The Morgan fingerprint density at radius 1 is 1.40 bits per heavy atom. The zero-order chi connectivity index (χ0) is 18.0. The molecular weight excluding hydrogens is 358 g/mol. The Kier molecular flexibility index (Phi) is 5.24. The SMILES string of the molecule is Cc1nc(NC(=O)CSc2nnc(-c3ccco3)n2C(C)C)sc1C. The van der Waals surface area contributed by atoms with Crippen molar-refractivity contribution in [3.05, 3.63) is 29.0 Å². The maximum Gasteiger partial charge on any atom is 0.236 e. The first-order valence-electron chi connectivity index (χ1n) is 7.81. The molecule has 9 heteroatoms. The Morgan fingerprint density at radius 2 is 2.20 bits per heavy atom. The number of hydrogen-bond acceptors (Lipinski definition) is 7. The number of anilines is 1. The van der Waals surface area contributed by atoms with Crippen LogP contribution in [0.3, 0.4) is 0 Å². The standard InChI is InChI=1S/C16H19N5O2S2/c1-9(2)21-14(12-6-5-7-23-12)19-20-16(21)24-8-13(22)18-15-17-10(3)11(4)25-15/h5-7,9H,8H2,1-4H3,(H,17,18,22). The number of aromatic nitrogens is 4. The van der Waals surface area contributed by atoms with E-state index in [1.165, 1.54) is 23.1 Å². The van der Waals surface area contributed by atoms with Gasteiger partial charge in [0.2, 0.25) is 11.7 Å². The maximum atomic E-state index is 12.2. The highest BCUT2D eigenvalue weighted by Crippen LogP contribution is 2.28. The Bertz CT molecular complexity index is 848. The Labute approximate surface area is 153 Å². The number of aryl methyl sites for hydroxylation is 2. The van der Waals surface area contributed by atoms with Gasteiger partial charge in [-0.25, -0.2) is 4.98 Å². The number of furan rings is 1. The lowest BCUT2D eigenvalue weighted by Gasteiger charge is -2.12. The Morgan fingerprint density at radius 3 is 2.80 bits per heavy atom. The van der Waals surface area contributed by atoms with Crippen LogP contribution in [0.5, 0.6) is 0 Å². The van der Waals surface area contributed by atoms with Crippen molar-refractivity contribution in [2.24, 2.45) is 0 Å². The minimum absolute atomic E-state index is 0.114. The van der Waals surface area contributed by atoms with Crippen molar-refractivity contribution in [3.8, 4) is 11.6 Å². The Balaban J connectivity index is 1.69. The van der Waals surface area contributed by atoms with Gasteiger partial charge in [-0.1, -0.05) is 11.8 Å². The summed E-state index contributed by atoms with van der Waals surface area (Å²) in [6.45, 7) is 8.00. The molecule has 1 N–H and O–H groups in total. The van der Waals surface area contributed by atoms with Gasteiger partial charge in [-0.3, -0.25) is 9.36 Å². The first-order valence-corrected chi connectivity index (χ1v) is 9.61. The lowest BCUT2D eigenvalue weighted by atomic mass is 10.3. The van der Waals surface area contributed by atoms with Crippen LogP contribution >= 0.6 is 23.1 Å². The summed E-state index contributed by atoms with van der Waals surface area (Å²) in [4.78, 5) is 17.6. The van der Waals surface area contributed by atoms with Crippen molar-refractivity contribution in [1.29, 1.82) is 0 Å². The van der Waals surface area contributed by atoms with Gasteiger partial charge in [0.25, 0.3) is 0 Å². The highest BCUT2D eigenvalue weighted by Gasteiger charge is 2.19. The van der Waals surface area contributed by atoms with E-state index in [9.17, 15) is 4.79 Å². The van der Waals surface area contributed by atoms with Gasteiger partial charge < -0.3 is 9.73 Å².